The molecule has 0 fully saturated rings. The molecule has 1 N–H and O–H groups in total. The number of ether oxygens (including phenoxy) is 1. The van der Waals surface area contributed by atoms with Crippen molar-refractivity contribution < 1.29 is 9.13 Å². The van der Waals surface area contributed by atoms with Crippen LogP contribution in [-0.4, -0.2) is 6.54 Å². The zero-order valence-corrected chi connectivity index (χ0v) is 12.2. The first-order chi connectivity index (χ1) is 9.58. The summed E-state index contributed by atoms with van der Waals surface area (Å²) in [5, 5.41) is 3.18. The van der Waals surface area contributed by atoms with Crippen molar-refractivity contribution in [1.82, 2.24) is 5.32 Å². The van der Waals surface area contributed by atoms with Crippen LogP contribution in [0.5, 0.6) is 11.5 Å². The summed E-state index contributed by atoms with van der Waals surface area (Å²) in [6, 6.07) is 10.7. The van der Waals surface area contributed by atoms with Gasteiger partial charge in [-0.1, -0.05) is 13.0 Å². The van der Waals surface area contributed by atoms with Crippen LogP contribution < -0.4 is 10.1 Å². The lowest BCUT2D eigenvalue weighted by Crippen LogP contribution is -2.11. The standard InChI is InChI=1S/C17H20FNO/c1-4-19-11-14-8-15(18)10-17(9-14)20-16-6-5-12(2)13(3)7-16/h5-10,19H,4,11H2,1-3H3. The average Bonchev–Trinajstić information content (AvgIpc) is 2.40. The molecule has 2 rings (SSSR count). The highest BCUT2D eigenvalue weighted by molar-refractivity contribution is 5.38. The van der Waals surface area contributed by atoms with Gasteiger partial charge in [0.15, 0.2) is 0 Å². The second kappa shape index (κ2) is 6.53. The molecule has 0 heterocycles. The van der Waals surface area contributed by atoms with Gasteiger partial charge in [0, 0.05) is 12.6 Å². The van der Waals surface area contributed by atoms with Gasteiger partial charge in [-0.15, -0.1) is 0 Å². The van der Waals surface area contributed by atoms with Crippen molar-refractivity contribution in [3.63, 3.8) is 0 Å². The average molecular weight is 273 g/mol. The van der Waals surface area contributed by atoms with Gasteiger partial charge < -0.3 is 10.1 Å². The fraction of sp³-hybridized carbons (Fsp3) is 0.294. The summed E-state index contributed by atoms with van der Waals surface area (Å²) in [5.74, 6) is 0.980. The van der Waals surface area contributed by atoms with Crippen molar-refractivity contribution in [2.45, 2.75) is 27.3 Å². The summed E-state index contributed by atoms with van der Waals surface area (Å²) in [6.07, 6.45) is 0. The van der Waals surface area contributed by atoms with Crippen LogP contribution in [0.2, 0.25) is 0 Å². The number of hydrogen-bond donors (Lipinski definition) is 1. The van der Waals surface area contributed by atoms with E-state index in [9.17, 15) is 4.39 Å². The Hall–Kier alpha value is -1.87. The van der Waals surface area contributed by atoms with E-state index in [1.807, 2.05) is 38.1 Å². The van der Waals surface area contributed by atoms with E-state index in [1.54, 1.807) is 0 Å². The first-order valence-electron chi connectivity index (χ1n) is 6.84. The molecular weight excluding hydrogens is 253 g/mol. The molecule has 106 valence electrons. The molecule has 0 saturated carbocycles. The van der Waals surface area contributed by atoms with Gasteiger partial charge in [-0.25, -0.2) is 4.39 Å². The number of halogens is 1. The summed E-state index contributed by atoms with van der Waals surface area (Å²) < 4.78 is 19.3. The highest BCUT2D eigenvalue weighted by Crippen LogP contribution is 2.25. The van der Waals surface area contributed by atoms with Crippen molar-refractivity contribution in [2.24, 2.45) is 0 Å². The number of rotatable bonds is 5. The van der Waals surface area contributed by atoms with Gasteiger partial charge in [0.2, 0.25) is 0 Å². The Labute approximate surface area is 119 Å². The van der Waals surface area contributed by atoms with Crippen LogP contribution in [0.4, 0.5) is 4.39 Å². The zero-order valence-electron chi connectivity index (χ0n) is 12.2. The van der Waals surface area contributed by atoms with Crippen molar-refractivity contribution in [1.29, 1.82) is 0 Å². The number of nitrogens with one attached hydrogen (secondary N) is 1. The van der Waals surface area contributed by atoms with E-state index in [2.05, 4.69) is 12.2 Å². The van der Waals surface area contributed by atoms with E-state index >= 15 is 0 Å². The molecule has 2 aromatic carbocycles. The fourth-order valence-electron chi connectivity index (χ4n) is 1.96. The Morgan fingerprint density at radius 2 is 1.80 bits per heavy atom. The molecule has 0 saturated heterocycles. The van der Waals surface area contributed by atoms with Gasteiger partial charge in [-0.2, -0.15) is 0 Å². The topological polar surface area (TPSA) is 21.3 Å². The molecule has 0 unspecified atom stereocenters. The van der Waals surface area contributed by atoms with Crippen LogP contribution in [-0.2, 0) is 6.54 Å². The van der Waals surface area contributed by atoms with Crippen molar-refractivity contribution in [3.8, 4) is 11.5 Å². The molecule has 0 atom stereocenters. The third-order valence-corrected chi connectivity index (χ3v) is 3.22. The van der Waals surface area contributed by atoms with E-state index in [0.29, 0.717) is 12.3 Å². The quantitative estimate of drug-likeness (QED) is 0.874. The second-order valence-electron chi connectivity index (χ2n) is 4.92. The normalized spacial score (nSPS) is 10.6. The van der Waals surface area contributed by atoms with Gasteiger partial charge in [-0.3, -0.25) is 0 Å². The summed E-state index contributed by atoms with van der Waals surface area (Å²) in [5.41, 5.74) is 3.25. The van der Waals surface area contributed by atoms with Crippen LogP contribution in [0.25, 0.3) is 0 Å². The number of aryl methyl sites for hydroxylation is 2. The van der Waals surface area contributed by atoms with Crippen LogP contribution in [0.15, 0.2) is 36.4 Å². The molecular formula is C17H20FNO. The van der Waals surface area contributed by atoms with E-state index in [1.165, 1.54) is 17.7 Å². The van der Waals surface area contributed by atoms with Crippen molar-refractivity contribution in [2.75, 3.05) is 6.54 Å². The minimum absolute atomic E-state index is 0.278. The predicted molar refractivity (Wildman–Crippen MR) is 79.8 cm³/mol. The molecule has 0 aromatic heterocycles. The van der Waals surface area contributed by atoms with Crippen LogP contribution >= 0.6 is 0 Å². The van der Waals surface area contributed by atoms with Gasteiger partial charge in [-0.05, 0) is 61.3 Å². The van der Waals surface area contributed by atoms with Gasteiger partial charge in [0.25, 0.3) is 0 Å². The molecule has 0 aliphatic heterocycles. The highest BCUT2D eigenvalue weighted by atomic mass is 19.1. The summed E-state index contributed by atoms with van der Waals surface area (Å²) in [4.78, 5) is 0. The summed E-state index contributed by atoms with van der Waals surface area (Å²) in [6.45, 7) is 7.59. The van der Waals surface area contributed by atoms with E-state index in [-0.39, 0.29) is 5.82 Å². The SMILES string of the molecule is CCNCc1cc(F)cc(Oc2ccc(C)c(C)c2)c1. The Morgan fingerprint density at radius 3 is 2.50 bits per heavy atom. The molecule has 0 bridgehead atoms. The third kappa shape index (κ3) is 3.81. The van der Waals surface area contributed by atoms with Gasteiger partial charge >= 0.3 is 0 Å². The van der Waals surface area contributed by atoms with Crippen molar-refractivity contribution >= 4 is 0 Å². The molecule has 20 heavy (non-hydrogen) atoms. The van der Waals surface area contributed by atoms with Crippen LogP contribution in [0, 0.1) is 19.7 Å². The Kier molecular flexibility index (Phi) is 4.74. The molecule has 3 heteroatoms. The first-order valence-corrected chi connectivity index (χ1v) is 6.84. The zero-order chi connectivity index (χ0) is 14.5. The van der Waals surface area contributed by atoms with E-state index in [0.717, 1.165) is 23.4 Å². The molecule has 0 aliphatic rings. The largest absolute Gasteiger partial charge is 0.457 e. The van der Waals surface area contributed by atoms with E-state index < -0.39 is 0 Å². The maximum absolute atomic E-state index is 13.6. The minimum Gasteiger partial charge on any atom is -0.457 e. The number of hydrogen-bond acceptors (Lipinski definition) is 2. The number of benzene rings is 2. The third-order valence-electron chi connectivity index (χ3n) is 3.22. The van der Waals surface area contributed by atoms with Crippen LogP contribution in [0.3, 0.4) is 0 Å². The molecule has 2 aromatic rings. The van der Waals surface area contributed by atoms with Crippen LogP contribution in [0.1, 0.15) is 23.6 Å². The molecule has 0 aliphatic carbocycles. The maximum atomic E-state index is 13.6. The predicted octanol–water partition coefficient (Wildman–Crippen LogP) is 4.34. The Morgan fingerprint density at radius 1 is 1.00 bits per heavy atom. The van der Waals surface area contributed by atoms with Crippen molar-refractivity contribution in [3.05, 3.63) is 58.9 Å². The summed E-state index contributed by atoms with van der Waals surface area (Å²) in [7, 11) is 0. The molecule has 0 radical (unpaired) electrons. The monoisotopic (exact) mass is 273 g/mol. The lowest BCUT2D eigenvalue weighted by atomic mass is 10.1. The lowest BCUT2D eigenvalue weighted by molar-refractivity contribution is 0.474. The van der Waals surface area contributed by atoms with Gasteiger partial charge in [0.1, 0.15) is 17.3 Å². The molecule has 2 nitrogen and oxygen atoms in total. The lowest BCUT2D eigenvalue weighted by Gasteiger charge is -2.10. The molecule has 0 spiro atoms. The smallest absolute Gasteiger partial charge is 0.130 e. The Bertz CT molecular complexity index is 596. The van der Waals surface area contributed by atoms with Gasteiger partial charge in [0.05, 0.1) is 0 Å². The molecule has 0 amide bonds. The highest BCUT2D eigenvalue weighted by Gasteiger charge is 2.04. The summed E-state index contributed by atoms with van der Waals surface area (Å²) >= 11 is 0. The Balaban J connectivity index is 2.19. The van der Waals surface area contributed by atoms with E-state index in [4.69, 9.17) is 4.74 Å². The fourth-order valence-corrected chi connectivity index (χ4v) is 1.96. The maximum Gasteiger partial charge on any atom is 0.130 e. The first kappa shape index (κ1) is 14.5. The minimum atomic E-state index is -0.278. The second-order valence-corrected chi connectivity index (χ2v) is 4.92.